The number of piperidine rings is 1. The lowest BCUT2D eigenvalue weighted by atomic mass is 9.77. The minimum absolute atomic E-state index is 0.0379. The Hall–Kier alpha value is -4.42. The first-order valence-corrected chi connectivity index (χ1v) is 18.0. The summed E-state index contributed by atoms with van der Waals surface area (Å²) in [6.07, 6.45) is 3.95. The van der Waals surface area contributed by atoms with Crippen molar-refractivity contribution in [2.24, 2.45) is 0 Å². The SMILES string of the molecule is COc1cc(-c2nccc(-c3cccc(-c4ccc(COC(=O)NC5CCN(C(C)=O)CC5)c(OC)n4)c3Cl)c2Cl)ccc1CNC1CC(C)(O)C1. The van der Waals surface area contributed by atoms with E-state index in [-0.39, 0.29) is 24.6 Å². The van der Waals surface area contributed by atoms with E-state index < -0.39 is 11.7 Å². The molecule has 2 aromatic carbocycles. The molecule has 274 valence electrons. The number of nitrogens with one attached hydrogen (secondary N) is 2. The largest absolute Gasteiger partial charge is 0.496 e. The maximum atomic E-state index is 12.5. The van der Waals surface area contributed by atoms with Gasteiger partial charge in [-0.15, -0.1) is 0 Å². The van der Waals surface area contributed by atoms with Crippen LogP contribution in [0, 0.1) is 0 Å². The lowest BCUT2D eigenvalue weighted by Gasteiger charge is -2.41. The van der Waals surface area contributed by atoms with Gasteiger partial charge in [0.2, 0.25) is 11.8 Å². The van der Waals surface area contributed by atoms with E-state index in [4.69, 9.17) is 42.4 Å². The summed E-state index contributed by atoms with van der Waals surface area (Å²) in [5.74, 6) is 1.05. The number of ether oxygens (including phenoxy) is 3. The zero-order valence-electron chi connectivity index (χ0n) is 29.7. The summed E-state index contributed by atoms with van der Waals surface area (Å²) in [4.78, 5) is 35.2. The number of hydrogen-bond donors (Lipinski definition) is 3. The van der Waals surface area contributed by atoms with Crippen molar-refractivity contribution in [3.8, 4) is 45.3 Å². The third-order valence-electron chi connectivity index (χ3n) is 9.72. The predicted molar refractivity (Wildman–Crippen MR) is 201 cm³/mol. The molecule has 2 amide bonds. The highest BCUT2D eigenvalue weighted by atomic mass is 35.5. The van der Waals surface area contributed by atoms with Gasteiger partial charge < -0.3 is 34.9 Å². The Bertz CT molecular complexity index is 1940. The first-order valence-electron chi connectivity index (χ1n) is 17.3. The minimum atomic E-state index is -0.593. The number of aliphatic hydroxyl groups is 1. The van der Waals surface area contributed by atoms with Crippen molar-refractivity contribution in [1.29, 1.82) is 0 Å². The van der Waals surface area contributed by atoms with E-state index in [2.05, 4.69) is 15.6 Å². The average molecular weight is 749 g/mol. The van der Waals surface area contributed by atoms with Gasteiger partial charge in [-0.05, 0) is 56.9 Å². The van der Waals surface area contributed by atoms with Crippen LogP contribution in [-0.4, -0.2) is 77.0 Å². The lowest BCUT2D eigenvalue weighted by Crippen LogP contribution is -2.51. The zero-order chi connectivity index (χ0) is 37.0. The van der Waals surface area contributed by atoms with Crippen LogP contribution in [0.25, 0.3) is 33.6 Å². The molecule has 2 aliphatic rings. The Morgan fingerprint density at radius 3 is 2.35 bits per heavy atom. The Balaban J connectivity index is 1.16. The molecule has 2 aromatic heterocycles. The summed E-state index contributed by atoms with van der Waals surface area (Å²) in [6, 6.07) is 17.2. The molecule has 11 nitrogen and oxygen atoms in total. The van der Waals surface area contributed by atoms with Crippen LogP contribution in [0.5, 0.6) is 11.6 Å². The number of amides is 2. The van der Waals surface area contributed by atoms with Crippen molar-refractivity contribution in [2.75, 3.05) is 27.3 Å². The highest BCUT2D eigenvalue weighted by Crippen LogP contribution is 2.42. The van der Waals surface area contributed by atoms with E-state index in [1.165, 1.54) is 7.11 Å². The monoisotopic (exact) mass is 747 g/mol. The van der Waals surface area contributed by atoms with Gasteiger partial charge in [0.05, 0.1) is 46.8 Å². The van der Waals surface area contributed by atoms with Crippen molar-refractivity contribution in [2.45, 2.75) is 70.4 Å². The summed E-state index contributed by atoms with van der Waals surface area (Å²) in [7, 11) is 3.14. The van der Waals surface area contributed by atoms with Gasteiger partial charge in [-0.25, -0.2) is 9.78 Å². The Kier molecular flexibility index (Phi) is 11.5. The summed E-state index contributed by atoms with van der Waals surface area (Å²) >= 11 is 14.1. The molecule has 4 aromatic rings. The number of nitrogens with zero attached hydrogens (tertiary/aromatic N) is 3. The number of carbonyl (C=O) groups is 2. The Labute approximate surface area is 313 Å². The van der Waals surface area contributed by atoms with Gasteiger partial charge in [-0.2, -0.15) is 0 Å². The third-order valence-corrected chi connectivity index (χ3v) is 10.5. The van der Waals surface area contributed by atoms with Crippen molar-refractivity contribution in [3.63, 3.8) is 0 Å². The van der Waals surface area contributed by atoms with Crippen LogP contribution >= 0.6 is 23.2 Å². The number of aromatic nitrogens is 2. The number of rotatable bonds is 11. The number of benzene rings is 2. The maximum absolute atomic E-state index is 12.5. The quantitative estimate of drug-likeness (QED) is 0.148. The van der Waals surface area contributed by atoms with Crippen LogP contribution in [0.1, 0.15) is 50.7 Å². The van der Waals surface area contributed by atoms with Crippen molar-refractivity contribution >= 4 is 35.2 Å². The molecule has 2 fully saturated rings. The highest BCUT2D eigenvalue weighted by Gasteiger charge is 2.38. The summed E-state index contributed by atoms with van der Waals surface area (Å²) in [6.45, 7) is 5.19. The average Bonchev–Trinajstić information content (AvgIpc) is 3.12. The van der Waals surface area contributed by atoms with Crippen molar-refractivity contribution < 1.29 is 28.9 Å². The highest BCUT2D eigenvalue weighted by molar-refractivity contribution is 6.39. The van der Waals surface area contributed by atoms with E-state index in [0.717, 1.165) is 24.0 Å². The fourth-order valence-electron chi connectivity index (χ4n) is 6.83. The maximum Gasteiger partial charge on any atom is 0.407 e. The number of carbonyl (C=O) groups excluding carboxylic acids is 2. The van der Waals surface area contributed by atoms with Crippen LogP contribution in [0.3, 0.4) is 0 Å². The fraction of sp³-hybridized carbons (Fsp3) is 0.385. The zero-order valence-corrected chi connectivity index (χ0v) is 31.2. The van der Waals surface area contributed by atoms with E-state index in [1.54, 1.807) is 37.3 Å². The van der Waals surface area contributed by atoms with Crippen LogP contribution in [0.4, 0.5) is 4.79 Å². The van der Waals surface area contributed by atoms with E-state index in [1.807, 2.05) is 49.4 Å². The summed E-state index contributed by atoms with van der Waals surface area (Å²) in [5.41, 5.74) is 5.02. The minimum Gasteiger partial charge on any atom is -0.496 e. The van der Waals surface area contributed by atoms with Crippen LogP contribution in [0.2, 0.25) is 10.0 Å². The number of alkyl carbamates (subject to hydrolysis) is 1. The standard InChI is InChI=1S/C39H43Cl2N5O6/c1-23(47)46-16-13-27(14-17-46)44-38(48)52-22-26-10-11-32(45-37(26)51-4)31-7-5-6-29(34(31)40)30-12-15-42-36(35(30)41)24-8-9-25(33(18-24)50-3)21-43-28-19-39(2,49)20-28/h5-12,15,18,27-28,43,49H,13-14,16-17,19-22H2,1-4H3,(H,44,48). The van der Waals surface area contributed by atoms with Crippen LogP contribution in [-0.2, 0) is 22.7 Å². The van der Waals surface area contributed by atoms with Gasteiger partial charge in [0.15, 0.2) is 0 Å². The molecule has 3 N–H and O–H groups in total. The first kappa shape index (κ1) is 37.3. The Morgan fingerprint density at radius 1 is 0.942 bits per heavy atom. The van der Waals surface area contributed by atoms with E-state index in [0.29, 0.717) is 87.8 Å². The van der Waals surface area contributed by atoms with Gasteiger partial charge in [-0.1, -0.05) is 53.5 Å². The lowest BCUT2D eigenvalue weighted by molar-refractivity contribution is -0.129. The molecule has 1 saturated carbocycles. The first-order chi connectivity index (χ1) is 25.0. The van der Waals surface area contributed by atoms with E-state index >= 15 is 0 Å². The summed E-state index contributed by atoms with van der Waals surface area (Å²) in [5, 5.41) is 17.3. The third kappa shape index (κ3) is 8.44. The number of hydrogen-bond acceptors (Lipinski definition) is 9. The van der Waals surface area contributed by atoms with E-state index in [9.17, 15) is 14.7 Å². The van der Waals surface area contributed by atoms with Crippen molar-refractivity contribution in [3.05, 3.63) is 82.0 Å². The summed E-state index contributed by atoms with van der Waals surface area (Å²) < 4.78 is 16.8. The molecule has 0 atom stereocenters. The second-order valence-electron chi connectivity index (χ2n) is 13.6. The molecular weight excluding hydrogens is 705 g/mol. The number of pyridine rings is 2. The number of methoxy groups -OCH3 is 2. The molecule has 13 heteroatoms. The molecule has 1 aliphatic carbocycles. The predicted octanol–water partition coefficient (Wildman–Crippen LogP) is 7.04. The molecule has 0 unspecified atom stereocenters. The van der Waals surface area contributed by atoms with Gasteiger partial charge in [-0.3, -0.25) is 9.78 Å². The molecular formula is C39H43Cl2N5O6. The number of likely N-dealkylation sites (tertiary alicyclic amines) is 1. The molecule has 0 bridgehead atoms. The number of halogens is 2. The van der Waals surface area contributed by atoms with Crippen molar-refractivity contribution in [1.82, 2.24) is 25.5 Å². The molecule has 0 radical (unpaired) electrons. The normalized spacial score (nSPS) is 18.8. The second-order valence-corrected chi connectivity index (χ2v) is 14.3. The molecule has 1 aliphatic heterocycles. The molecule has 1 saturated heterocycles. The molecule has 52 heavy (non-hydrogen) atoms. The van der Waals surface area contributed by atoms with Gasteiger partial charge in [0, 0.05) is 72.7 Å². The van der Waals surface area contributed by atoms with Crippen LogP contribution < -0.4 is 20.1 Å². The van der Waals surface area contributed by atoms with Gasteiger partial charge in [0.1, 0.15) is 12.4 Å². The van der Waals surface area contributed by atoms with Crippen LogP contribution in [0.15, 0.2) is 60.8 Å². The fourth-order valence-corrected chi connectivity index (χ4v) is 7.47. The van der Waals surface area contributed by atoms with Gasteiger partial charge in [0.25, 0.3) is 0 Å². The molecule has 6 rings (SSSR count). The van der Waals surface area contributed by atoms with Gasteiger partial charge >= 0.3 is 6.09 Å². The molecule has 0 spiro atoms. The topological polar surface area (TPSA) is 135 Å². The molecule has 3 heterocycles. The Morgan fingerprint density at radius 2 is 1.65 bits per heavy atom. The second kappa shape index (κ2) is 16.1. The smallest absolute Gasteiger partial charge is 0.407 e.